The average Bonchev–Trinajstić information content (AvgIpc) is 2.36. The molecular weight excluding hydrogens is 240 g/mol. The molecule has 1 aliphatic heterocycles. The summed E-state index contributed by atoms with van der Waals surface area (Å²) in [5.41, 5.74) is 0.696. The first-order chi connectivity index (χ1) is 8.22. The summed E-state index contributed by atoms with van der Waals surface area (Å²) in [5.74, 6) is 0.187. The molecule has 94 valence electrons. The Balaban J connectivity index is 2.24. The third-order valence-corrected chi connectivity index (χ3v) is 3.35. The van der Waals surface area contributed by atoms with Crippen LogP contribution in [0.2, 0.25) is 5.02 Å². The Labute approximate surface area is 106 Å². The zero-order chi connectivity index (χ0) is 12.3. The molecular formula is C12H17ClN2O2. The standard InChI is InChI=1S/C12H17ClN2O2/c13-9-1-2-12(17)10(7-9)11(8-16)15-5-3-14-4-6-15/h1-2,7,11,14,16-17H,3-6,8H2/t11-/m0/s1. The molecule has 17 heavy (non-hydrogen) atoms. The summed E-state index contributed by atoms with van der Waals surface area (Å²) in [6.45, 7) is 3.50. The van der Waals surface area contributed by atoms with Crippen molar-refractivity contribution in [3.05, 3.63) is 28.8 Å². The Morgan fingerprint density at radius 3 is 2.71 bits per heavy atom. The van der Waals surface area contributed by atoms with Gasteiger partial charge in [-0.2, -0.15) is 0 Å². The van der Waals surface area contributed by atoms with E-state index in [9.17, 15) is 10.2 Å². The number of benzene rings is 1. The largest absolute Gasteiger partial charge is 0.508 e. The fourth-order valence-electron chi connectivity index (χ4n) is 2.20. The second kappa shape index (κ2) is 5.69. The topological polar surface area (TPSA) is 55.7 Å². The van der Waals surface area contributed by atoms with Crippen molar-refractivity contribution in [2.75, 3.05) is 32.8 Å². The van der Waals surface area contributed by atoms with E-state index in [0.29, 0.717) is 10.6 Å². The number of phenolic OH excluding ortho intramolecular Hbond substituents is 1. The minimum Gasteiger partial charge on any atom is -0.508 e. The van der Waals surface area contributed by atoms with Crippen molar-refractivity contribution < 1.29 is 10.2 Å². The lowest BCUT2D eigenvalue weighted by Gasteiger charge is -2.34. The Kier molecular flexibility index (Phi) is 4.23. The number of rotatable bonds is 3. The summed E-state index contributed by atoms with van der Waals surface area (Å²) in [7, 11) is 0. The number of halogens is 1. The Bertz CT molecular complexity index is 381. The van der Waals surface area contributed by atoms with Crippen LogP contribution in [0.15, 0.2) is 18.2 Å². The van der Waals surface area contributed by atoms with E-state index in [0.717, 1.165) is 26.2 Å². The summed E-state index contributed by atoms with van der Waals surface area (Å²) in [6, 6.07) is 4.75. The van der Waals surface area contributed by atoms with Gasteiger partial charge in [0, 0.05) is 36.8 Å². The minimum absolute atomic E-state index is 0.0199. The first kappa shape index (κ1) is 12.6. The smallest absolute Gasteiger partial charge is 0.120 e. The fraction of sp³-hybridized carbons (Fsp3) is 0.500. The highest BCUT2D eigenvalue weighted by atomic mass is 35.5. The summed E-state index contributed by atoms with van der Waals surface area (Å²) >= 11 is 5.93. The number of aliphatic hydroxyl groups excluding tert-OH is 1. The molecule has 0 bridgehead atoms. The molecule has 1 atom stereocenters. The molecule has 4 nitrogen and oxygen atoms in total. The molecule has 0 spiro atoms. The number of aromatic hydroxyl groups is 1. The van der Waals surface area contributed by atoms with Crippen molar-refractivity contribution in [2.24, 2.45) is 0 Å². The highest BCUT2D eigenvalue weighted by Gasteiger charge is 2.23. The minimum atomic E-state index is -0.184. The molecule has 5 heteroatoms. The molecule has 2 rings (SSSR count). The molecule has 0 aromatic heterocycles. The number of aliphatic hydroxyl groups is 1. The third kappa shape index (κ3) is 2.90. The van der Waals surface area contributed by atoms with Crippen molar-refractivity contribution >= 4 is 11.6 Å². The van der Waals surface area contributed by atoms with Gasteiger partial charge in [-0.05, 0) is 18.2 Å². The van der Waals surface area contributed by atoms with Crippen LogP contribution in [-0.4, -0.2) is 47.9 Å². The van der Waals surface area contributed by atoms with Crippen molar-refractivity contribution in [3.8, 4) is 5.75 Å². The monoisotopic (exact) mass is 256 g/mol. The number of piperazine rings is 1. The molecule has 0 amide bonds. The highest BCUT2D eigenvalue weighted by molar-refractivity contribution is 6.30. The van der Waals surface area contributed by atoms with Crippen molar-refractivity contribution in [3.63, 3.8) is 0 Å². The SMILES string of the molecule is OC[C@@H](c1cc(Cl)ccc1O)N1CCNCC1. The van der Waals surface area contributed by atoms with E-state index >= 15 is 0 Å². The van der Waals surface area contributed by atoms with Crippen LogP contribution in [0.25, 0.3) is 0 Å². The van der Waals surface area contributed by atoms with Gasteiger partial charge >= 0.3 is 0 Å². The normalized spacial score (nSPS) is 19.2. The van der Waals surface area contributed by atoms with Crippen LogP contribution in [0, 0.1) is 0 Å². The van der Waals surface area contributed by atoms with Crippen LogP contribution >= 0.6 is 11.6 Å². The predicted octanol–water partition coefficient (Wildman–Crippen LogP) is 0.984. The van der Waals surface area contributed by atoms with Crippen LogP contribution in [-0.2, 0) is 0 Å². The number of hydrogen-bond donors (Lipinski definition) is 3. The molecule has 1 aromatic carbocycles. The predicted molar refractivity (Wildman–Crippen MR) is 67.4 cm³/mol. The highest BCUT2D eigenvalue weighted by Crippen LogP contribution is 2.30. The van der Waals surface area contributed by atoms with Gasteiger partial charge in [-0.25, -0.2) is 0 Å². The van der Waals surface area contributed by atoms with E-state index < -0.39 is 0 Å². The van der Waals surface area contributed by atoms with E-state index in [-0.39, 0.29) is 18.4 Å². The lowest BCUT2D eigenvalue weighted by Crippen LogP contribution is -2.46. The Morgan fingerprint density at radius 1 is 1.35 bits per heavy atom. The molecule has 1 aliphatic rings. The molecule has 0 saturated carbocycles. The van der Waals surface area contributed by atoms with Gasteiger partial charge in [0.2, 0.25) is 0 Å². The van der Waals surface area contributed by atoms with Gasteiger partial charge in [-0.1, -0.05) is 11.6 Å². The molecule has 1 aromatic rings. The summed E-state index contributed by atoms with van der Waals surface area (Å²) in [5, 5.41) is 23.2. The van der Waals surface area contributed by atoms with Crippen LogP contribution in [0.4, 0.5) is 0 Å². The van der Waals surface area contributed by atoms with Gasteiger partial charge in [-0.3, -0.25) is 4.90 Å². The maximum atomic E-state index is 9.86. The van der Waals surface area contributed by atoms with E-state index in [2.05, 4.69) is 10.2 Å². The Morgan fingerprint density at radius 2 is 2.06 bits per heavy atom. The molecule has 0 radical (unpaired) electrons. The first-order valence-electron chi connectivity index (χ1n) is 5.76. The van der Waals surface area contributed by atoms with Crippen LogP contribution in [0.3, 0.4) is 0 Å². The summed E-state index contributed by atoms with van der Waals surface area (Å²) < 4.78 is 0. The maximum absolute atomic E-state index is 9.86. The molecule has 0 aliphatic carbocycles. The second-order valence-electron chi connectivity index (χ2n) is 4.19. The molecule has 1 heterocycles. The van der Waals surface area contributed by atoms with Crippen molar-refractivity contribution in [1.82, 2.24) is 10.2 Å². The number of nitrogens with zero attached hydrogens (tertiary/aromatic N) is 1. The van der Waals surface area contributed by atoms with Gasteiger partial charge < -0.3 is 15.5 Å². The van der Waals surface area contributed by atoms with Gasteiger partial charge in [0.05, 0.1) is 12.6 Å². The number of nitrogens with one attached hydrogen (secondary N) is 1. The lowest BCUT2D eigenvalue weighted by molar-refractivity contribution is 0.109. The fourth-order valence-corrected chi connectivity index (χ4v) is 2.38. The van der Waals surface area contributed by atoms with Crippen LogP contribution in [0.1, 0.15) is 11.6 Å². The molecule has 1 saturated heterocycles. The van der Waals surface area contributed by atoms with Gasteiger partial charge in [-0.15, -0.1) is 0 Å². The molecule has 3 N–H and O–H groups in total. The van der Waals surface area contributed by atoms with Crippen LogP contribution < -0.4 is 5.32 Å². The van der Waals surface area contributed by atoms with Gasteiger partial charge in [0.1, 0.15) is 5.75 Å². The lowest BCUT2D eigenvalue weighted by atomic mass is 10.0. The molecule has 0 unspecified atom stereocenters. The van der Waals surface area contributed by atoms with E-state index in [1.807, 2.05) is 0 Å². The third-order valence-electron chi connectivity index (χ3n) is 3.11. The Hall–Kier alpha value is -0.810. The average molecular weight is 257 g/mol. The van der Waals surface area contributed by atoms with Crippen molar-refractivity contribution in [2.45, 2.75) is 6.04 Å². The van der Waals surface area contributed by atoms with E-state index in [1.165, 1.54) is 0 Å². The second-order valence-corrected chi connectivity index (χ2v) is 4.62. The molecule has 1 fully saturated rings. The van der Waals surface area contributed by atoms with Crippen LogP contribution in [0.5, 0.6) is 5.75 Å². The maximum Gasteiger partial charge on any atom is 0.120 e. The zero-order valence-corrected chi connectivity index (χ0v) is 10.3. The van der Waals surface area contributed by atoms with Gasteiger partial charge in [0.15, 0.2) is 0 Å². The first-order valence-corrected chi connectivity index (χ1v) is 6.14. The summed E-state index contributed by atoms with van der Waals surface area (Å²) in [6.07, 6.45) is 0. The number of hydrogen-bond acceptors (Lipinski definition) is 4. The van der Waals surface area contributed by atoms with E-state index in [4.69, 9.17) is 11.6 Å². The quantitative estimate of drug-likeness (QED) is 0.755. The number of phenols is 1. The zero-order valence-electron chi connectivity index (χ0n) is 9.56. The van der Waals surface area contributed by atoms with Gasteiger partial charge in [0.25, 0.3) is 0 Å². The van der Waals surface area contributed by atoms with E-state index in [1.54, 1.807) is 18.2 Å². The van der Waals surface area contributed by atoms with Crippen molar-refractivity contribution in [1.29, 1.82) is 0 Å². The summed E-state index contributed by atoms with van der Waals surface area (Å²) in [4.78, 5) is 2.15.